The molecular weight excluding hydrogens is 302 g/mol. The highest BCUT2D eigenvalue weighted by Gasteiger charge is 2.16. The van der Waals surface area contributed by atoms with Crippen LogP contribution in [0.4, 0.5) is 5.69 Å². The number of aryl methyl sites for hydroxylation is 2. The van der Waals surface area contributed by atoms with Crippen molar-refractivity contribution in [3.05, 3.63) is 59.2 Å². The molecule has 0 aliphatic carbocycles. The van der Waals surface area contributed by atoms with Crippen LogP contribution in [-0.4, -0.2) is 18.6 Å². The number of hydrogen-bond donors (Lipinski definition) is 1. The Morgan fingerprint density at radius 1 is 1.17 bits per heavy atom. The molecule has 0 aliphatic heterocycles. The summed E-state index contributed by atoms with van der Waals surface area (Å²) in [6.07, 6.45) is -0.555. The van der Waals surface area contributed by atoms with Gasteiger partial charge >= 0.3 is 0 Å². The fourth-order valence-electron chi connectivity index (χ4n) is 2.38. The van der Waals surface area contributed by atoms with Crippen molar-refractivity contribution in [2.24, 2.45) is 0 Å². The lowest BCUT2D eigenvalue weighted by molar-refractivity contribution is -0.127. The van der Waals surface area contributed by atoms with Gasteiger partial charge in [-0.3, -0.25) is 4.79 Å². The summed E-state index contributed by atoms with van der Waals surface area (Å²) < 4.78 is 11.2. The van der Waals surface area contributed by atoms with Crippen LogP contribution in [0.2, 0.25) is 0 Å². The van der Waals surface area contributed by atoms with Gasteiger partial charge in [0.2, 0.25) is 0 Å². The van der Waals surface area contributed by atoms with Gasteiger partial charge in [0, 0.05) is 0 Å². The molecule has 0 fully saturated rings. The van der Waals surface area contributed by atoms with Crippen molar-refractivity contribution in [2.75, 3.05) is 11.9 Å². The summed E-state index contributed by atoms with van der Waals surface area (Å²) >= 11 is 0. The standard InChI is InChI=1S/C20H25NO3/c1-5-23-19-9-7-6-8-18(19)21-20(22)16(4)24-13-17-11-10-14(2)12-15(17)3/h6-12,16H,5,13H2,1-4H3,(H,21,22). The van der Waals surface area contributed by atoms with Gasteiger partial charge in [0.05, 0.1) is 18.9 Å². The largest absolute Gasteiger partial charge is 0.492 e. The third-order valence-corrected chi connectivity index (χ3v) is 3.80. The maximum Gasteiger partial charge on any atom is 0.253 e. The molecule has 4 nitrogen and oxygen atoms in total. The van der Waals surface area contributed by atoms with E-state index >= 15 is 0 Å². The van der Waals surface area contributed by atoms with Crippen molar-refractivity contribution in [1.29, 1.82) is 0 Å². The predicted molar refractivity (Wildman–Crippen MR) is 96.4 cm³/mol. The molecule has 1 amide bonds. The van der Waals surface area contributed by atoms with Gasteiger partial charge in [0.1, 0.15) is 11.9 Å². The number of carbonyl (C=O) groups is 1. The van der Waals surface area contributed by atoms with E-state index in [2.05, 4.69) is 31.3 Å². The Morgan fingerprint density at radius 2 is 1.92 bits per heavy atom. The first kappa shape index (κ1) is 18.0. The first-order valence-corrected chi connectivity index (χ1v) is 8.21. The molecule has 128 valence electrons. The molecule has 0 spiro atoms. The molecule has 0 saturated heterocycles. The lowest BCUT2D eigenvalue weighted by atomic mass is 10.1. The molecule has 1 N–H and O–H groups in total. The second kappa shape index (κ2) is 8.50. The van der Waals surface area contributed by atoms with Crippen LogP contribution < -0.4 is 10.1 Å². The van der Waals surface area contributed by atoms with E-state index in [1.807, 2.05) is 37.3 Å². The van der Waals surface area contributed by atoms with E-state index in [9.17, 15) is 4.79 Å². The molecule has 0 bridgehead atoms. The molecule has 0 aliphatic rings. The van der Waals surface area contributed by atoms with E-state index in [0.29, 0.717) is 24.7 Å². The van der Waals surface area contributed by atoms with Crippen LogP contribution in [0.15, 0.2) is 42.5 Å². The summed E-state index contributed by atoms with van der Waals surface area (Å²) in [6, 6.07) is 13.6. The van der Waals surface area contributed by atoms with Crippen molar-refractivity contribution in [3.8, 4) is 5.75 Å². The lowest BCUT2D eigenvalue weighted by Gasteiger charge is -2.16. The molecule has 0 heterocycles. The molecule has 0 radical (unpaired) electrons. The fourth-order valence-corrected chi connectivity index (χ4v) is 2.38. The Bertz CT molecular complexity index is 697. The minimum absolute atomic E-state index is 0.188. The van der Waals surface area contributed by atoms with E-state index in [1.54, 1.807) is 6.92 Å². The molecule has 1 unspecified atom stereocenters. The average Bonchev–Trinajstić information content (AvgIpc) is 2.55. The minimum Gasteiger partial charge on any atom is -0.492 e. The first-order chi connectivity index (χ1) is 11.5. The minimum atomic E-state index is -0.555. The Morgan fingerprint density at radius 3 is 2.62 bits per heavy atom. The number of hydrogen-bond acceptors (Lipinski definition) is 3. The number of rotatable bonds is 7. The van der Waals surface area contributed by atoms with Gasteiger partial charge in [-0.1, -0.05) is 35.9 Å². The Hall–Kier alpha value is -2.33. The normalized spacial score (nSPS) is 11.8. The highest BCUT2D eigenvalue weighted by molar-refractivity contribution is 5.95. The number of ether oxygens (including phenoxy) is 2. The van der Waals surface area contributed by atoms with E-state index in [1.165, 1.54) is 11.1 Å². The zero-order valence-electron chi connectivity index (χ0n) is 14.8. The van der Waals surface area contributed by atoms with Crippen LogP contribution >= 0.6 is 0 Å². The van der Waals surface area contributed by atoms with E-state index in [4.69, 9.17) is 9.47 Å². The monoisotopic (exact) mass is 327 g/mol. The molecule has 4 heteroatoms. The van der Waals surface area contributed by atoms with Gasteiger partial charge in [-0.25, -0.2) is 0 Å². The summed E-state index contributed by atoms with van der Waals surface area (Å²) in [7, 11) is 0. The molecular formula is C20H25NO3. The molecule has 24 heavy (non-hydrogen) atoms. The molecule has 2 aromatic rings. The van der Waals surface area contributed by atoms with Gasteiger partial charge in [-0.05, 0) is 51.0 Å². The van der Waals surface area contributed by atoms with Gasteiger partial charge in [0.25, 0.3) is 5.91 Å². The van der Waals surface area contributed by atoms with Gasteiger partial charge in [-0.2, -0.15) is 0 Å². The van der Waals surface area contributed by atoms with Crippen molar-refractivity contribution < 1.29 is 14.3 Å². The van der Waals surface area contributed by atoms with E-state index in [0.717, 1.165) is 5.56 Å². The predicted octanol–water partition coefficient (Wildman–Crippen LogP) is 4.25. The maximum absolute atomic E-state index is 12.3. The SMILES string of the molecule is CCOc1ccccc1NC(=O)C(C)OCc1ccc(C)cc1C. The molecule has 1 atom stereocenters. The molecule has 0 saturated carbocycles. The highest BCUT2D eigenvalue weighted by Crippen LogP contribution is 2.24. The van der Waals surface area contributed by atoms with Crippen molar-refractivity contribution in [2.45, 2.75) is 40.4 Å². The van der Waals surface area contributed by atoms with Crippen LogP contribution in [-0.2, 0) is 16.1 Å². The smallest absolute Gasteiger partial charge is 0.253 e. The second-order valence-electron chi connectivity index (χ2n) is 5.80. The van der Waals surface area contributed by atoms with Crippen molar-refractivity contribution in [1.82, 2.24) is 0 Å². The number of carbonyl (C=O) groups excluding carboxylic acids is 1. The van der Waals surface area contributed by atoms with Crippen LogP contribution in [0.25, 0.3) is 0 Å². The van der Waals surface area contributed by atoms with E-state index in [-0.39, 0.29) is 5.91 Å². The Labute approximate surface area is 143 Å². The zero-order valence-corrected chi connectivity index (χ0v) is 14.8. The summed E-state index contributed by atoms with van der Waals surface area (Å²) in [5.41, 5.74) is 4.14. The molecule has 2 aromatic carbocycles. The third-order valence-electron chi connectivity index (χ3n) is 3.80. The average molecular weight is 327 g/mol. The van der Waals surface area contributed by atoms with Crippen LogP contribution in [0, 0.1) is 13.8 Å². The number of para-hydroxylation sites is 2. The van der Waals surface area contributed by atoms with Crippen LogP contribution in [0.5, 0.6) is 5.75 Å². The summed E-state index contributed by atoms with van der Waals surface area (Å²) in [5, 5.41) is 2.87. The first-order valence-electron chi connectivity index (χ1n) is 8.21. The Balaban J connectivity index is 1.95. The van der Waals surface area contributed by atoms with Gasteiger partial charge in [0.15, 0.2) is 0 Å². The van der Waals surface area contributed by atoms with E-state index < -0.39 is 6.10 Å². The summed E-state index contributed by atoms with van der Waals surface area (Å²) in [4.78, 5) is 12.3. The third kappa shape index (κ3) is 4.83. The number of amides is 1. The van der Waals surface area contributed by atoms with Crippen LogP contribution in [0.3, 0.4) is 0 Å². The number of nitrogens with one attached hydrogen (secondary N) is 1. The zero-order chi connectivity index (χ0) is 17.5. The summed E-state index contributed by atoms with van der Waals surface area (Å²) in [5.74, 6) is 0.474. The maximum atomic E-state index is 12.3. The Kier molecular flexibility index (Phi) is 6.38. The number of benzene rings is 2. The quantitative estimate of drug-likeness (QED) is 0.827. The van der Waals surface area contributed by atoms with Gasteiger partial charge in [-0.15, -0.1) is 0 Å². The fraction of sp³-hybridized carbons (Fsp3) is 0.350. The van der Waals surface area contributed by atoms with Crippen molar-refractivity contribution in [3.63, 3.8) is 0 Å². The number of anilines is 1. The van der Waals surface area contributed by atoms with Crippen LogP contribution in [0.1, 0.15) is 30.5 Å². The second-order valence-corrected chi connectivity index (χ2v) is 5.80. The summed E-state index contributed by atoms with van der Waals surface area (Å²) in [6.45, 7) is 8.73. The highest BCUT2D eigenvalue weighted by atomic mass is 16.5. The molecule has 2 rings (SSSR count). The topological polar surface area (TPSA) is 47.6 Å². The lowest BCUT2D eigenvalue weighted by Crippen LogP contribution is -2.28. The van der Waals surface area contributed by atoms with Crippen molar-refractivity contribution >= 4 is 11.6 Å². The van der Waals surface area contributed by atoms with Gasteiger partial charge < -0.3 is 14.8 Å². The molecule has 0 aromatic heterocycles.